The lowest BCUT2D eigenvalue weighted by atomic mass is 10.0. The fourth-order valence-corrected chi connectivity index (χ4v) is 2.82. The van der Waals surface area contributed by atoms with Gasteiger partial charge in [0.2, 0.25) is 0 Å². The van der Waals surface area contributed by atoms with Crippen molar-refractivity contribution in [1.29, 1.82) is 5.26 Å². The summed E-state index contributed by atoms with van der Waals surface area (Å²) in [6, 6.07) is 4.49. The quantitative estimate of drug-likeness (QED) is 0.858. The monoisotopic (exact) mass is 342 g/mol. The second-order valence-corrected chi connectivity index (χ2v) is 6.98. The van der Waals surface area contributed by atoms with E-state index < -0.39 is 11.4 Å². The highest BCUT2D eigenvalue weighted by molar-refractivity contribution is 5.94. The number of amides is 1. The number of hydrogen-bond donors (Lipinski definition) is 1. The molecule has 0 aliphatic carbocycles. The van der Waals surface area contributed by atoms with Gasteiger partial charge in [-0.25, -0.2) is 9.18 Å². The molecule has 6 nitrogen and oxygen atoms in total. The first-order valence-electron chi connectivity index (χ1n) is 8.03. The van der Waals surface area contributed by atoms with Crippen LogP contribution in [-0.2, 0) is 4.74 Å². The number of ether oxygens (including phenoxy) is 1. The molecule has 25 heavy (non-hydrogen) atoms. The molecular formula is C18H19FN4O2. The number of rotatable bonds is 1. The van der Waals surface area contributed by atoms with Crippen molar-refractivity contribution in [3.8, 4) is 6.07 Å². The number of hydrogen-bond acceptors (Lipinski definition) is 4. The fourth-order valence-electron chi connectivity index (χ4n) is 2.82. The number of halogens is 1. The Bertz CT molecular complexity index is 902. The minimum Gasteiger partial charge on any atom is -0.444 e. The molecule has 7 heteroatoms. The Hall–Kier alpha value is -2.88. The summed E-state index contributed by atoms with van der Waals surface area (Å²) >= 11 is 0. The van der Waals surface area contributed by atoms with E-state index in [9.17, 15) is 9.18 Å². The molecule has 0 unspecified atom stereocenters. The number of nitrogens with zero attached hydrogens (tertiary/aromatic N) is 3. The molecule has 0 bridgehead atoms. The highest BCUT2D eigenvalue weighted by Crippen LogP contribution is 2.29. The van der Waals surface area contributed by atoms with Crippen molar-refractivity contribution in [3.63, 3.8) is 0 Å². The molecule has 3 rings (SSSR count). The van der Waals surface area contributed by atoms with Crippen LogP contribution >= 0.6 is 0 Å². The highest BCUT2D eigenvalue weighted by Gasteiger charge is 2.26. The highest BCUT2D eigenvalue weighted by atomic mass is 19.1. The van der Waals surface area contributed by atoms with E-state index in [0.717, 1.165) is 5.57 Å². The van der Waals surface area contributed by atoms with Gasteiger partial charge < -0.3 is 9.64 Å². The first-order chi connectivity index (χ1) is 11.8. The lowest BCUT2D eigenvalue weighted by Gasteiger charge is -2.30. The molecule has 1 N–H and O–H groups in total. The van der Waals surface area contributed by atoms with E-state index in [4.69, 9.17) is 10.00 Å². The summed E-state index contributed by atoms with van der Waals surface area (Å²) < 4.78 is 19.2. The zero-order valence-corrected chi connectivity index (χ0v) is 14.4. The Kier molecular flexibility index (Phi) is 4.21. The Labute approximate surface area is 144 Å². The van der Waals surface area contributed by atoms with Crippen LogP contribution in [0.3, 0.4) is 0 Å². The summed E-state index contributed by atoms with van der Waals surface area (Å²) in [6.07, 6.45) is 2.25. The number of benzene rings is 1. The average molecular weight is 342 g/mol. The molecule has 1 aromatic heterocycles. The number of nitrogens with one attached hydrogen (secondary N) is 1. The maximum absolute atomic E-state index is 13.8. The van der Waals surface area contributed by atoms with Crippen molar-refractivity contribution >= 4 is 22.6 Å². The van der Waals surface area contributed by atoms with Crippen LogP contribution in [0, 0.1) is 17.1 Å². The maximum atomic E-state index is 13.8. The van der Waals surface area contributed by atoms with Crippen LogP contribution in [0.2, 0.25) is 0 Å². The summed E-state index contributed by atoms with van der Waals surface area (Å²) in [4.78, 5) is 13.9. The number of H-pyrrole nitrogens is 1. The number of aromatic amines is 1. The molecule has 1 aromatic carbocycles. The van der Waals surface area contributed by atoms with E-state index in [1.54, 1.807) is 4.90 Å². The molecule has 0 spiro atoms. The van der Waals surface area contributed by atoms with Gasteiger partial charge in [-0.05, 0) is 44.9 Å². The van der Waals surface area contributed by atoms with Gasteiger partial charge in [0.05, 0.1) is 23.3 Å². The SMILES string of the molecule is CC(C)(C)OC(=O)N1CCC=C(c2n[nH]c3c(C#N)cc(F)cc23)C1. The molecule has 1 aliphatic rings. The summed E-state index contributed by atoms with van der Waals surface area (Å²) in [5.74, 6) is -0.493. The normalized spacial score (nSPS) is 15.0. The van der Waals surface area contributed by atoms with Crippen LogP contribution in [0.25, 0.3) is 16.5 Å². The lowest BCUT2D eigenvalue weighted by molar-refractivity contribution is 0.0273. The Morgan fingerprint density at radius 1 is 1.44 bits per heavy atom. The zero-order chi connectivity index (χ0) is 18.2. The van der Waals surface area contributed by atoms with Crippen LogP contribution in [0.4, 0.5) is 9.18 Å². The summed E-state index contributed by atoms with van der Waals surface area (Å²) in [5, 5.41) is 16.7. The van der Waals surface area contributed by atoms with Crippen LogP contribution < -0.4 is 0 Å². The van der Waals surface area contributed by atoms with E-state index in [2.05, 4.69) is 10.2 Å². The molecule has 0 atom stereocenters. The van der Waals surface area contributed by atoms with Gasteiger partial charge in [0.25, 0.3) is 0 Å². The Morgan fingerprint density at radius 2 is 2.20 bits per heavy atom. The fraction of sp³-hybridized carbons (Fsp3) is 0.389. The molecule has 0 radical (unpaired) electrons. The van der Waals surface area contributed by atoms with Gasteiger partial charge in [0.1, 0.15) is 17.5 Å². The van der Waals surface area contributed by atoms with Crippen molar-refractivity contribution in [1.82, 2.24) is 15.1 Å². The van der Waals surface area contributed by atoms with Crippen LogP contribution in [0.5, 0.6) is 0 Å². The molecule has 130 valence electrons. The largest absolute Gasteiger partial charge is 0.444 e. The molecule has 0 fully saturated rings. The molecule has 0 saturated heterocycles. The lowest BCUT2D eigenvalue weighted by Crippen LogP contribution is -2.39. The van der Waals surface area contributed by atoms with Gasteiger partial charge in [-0.1, -0.05) is 6.08 Å². The third kappa shape index (κ3) is 3.48. The predicted octanol–water partition coefficient (Wildman–Crippen LogP) is 3.60. The van der Waals surface area contributed by atoms with E-state index in [0.29, 0.717) is 36.1 Å². The van der Waals surface area contributed by atoms with Gasteiger partial charge in [0, 0.05) is 11.9 Å². The van der Waals surface area contributed by atoms with Crippen LogP contribution in [0.15, 0.2) is 18.2 Å². The Morgan fingerprint density at radius 3 is 2.88 bits per heavy atom. The molecule has 1 aliphatic heterocycles. The third-order valence-electron chi connectivity index (χ3n) is 3.87. The van der Waals surface area contributed by atoms with E-state index >= 15 is 0 Å². The van der Waals surface area contributed by atoms with Crippen LogP contribution in [-0.4, -0.2) is 39.9 Å². The second kappa shape index (κ2) is 6.20. The predicted molar refractivity (Wildman–Crippen MR) is 91.2 cm³/mol. The first kappa shape index (κ1) is 17.0. The Balaban J connectivity index is 1.91. The zero-order valence-electron chi connectivity index (χ0n) is 14.4. The second-order valence-electron chi connectivity index (χ2n) is 6.98. The van der Waals surface area contributed by atoms with E-state index in [1.807, 2.05) is 32.9 Å². The molecule has 2 aromatic rings. The van der Waals surface area contributed by atoms with Crippen molar-refractivity contribution < 1.29 is 13.9 Å². The minimum absolute atomic E-state index is 0.203. The van der Waals surface area contributed by atoms with Gasteiger partial charge in [-0.15, -0.1) is 0 Å². The van der Waals surface area contributed by atoms with Crippen molar-refractivity contribution in [3.05, 3.63) is 35.3 Å². The van der Waals surface area contributed by atoms with Gasteiger partial charge >= 0.3 is 6.09 Å². The number of nitriles is 1. The first-order valence-corrected chi connectivity index (χ1v) is 8.03. The summed E-state index contributed by atoms with van der Waals surface area (Å²) in [7, 11) is 0. The average Bonchev–Trinajstić information content (AvgIpc) is 2.96. The van der Waals surface area contributed by atoms with Crippen molar-refractivity contribution in [2.24, 2.45) is 0 Å². The smallest absolute Gasteiger partial charge is 0.410 e. The molecule has 1 amide bonds. The minimum atomic E-state index is -0.567. The number of carbonyl (C=O) groups excluding carboxylic acids is 1. The van der Waals surface area contributed by atoms with Crippen molar-refractivity contribution in [2.75, 3.05) is 13.1 Å². The van der Waals surface area contributed by atoms with E-state index in [-0.39, 0.29) is 11.7 Å². The standard InChI is InChI=1S/C18H19FN4O2/c1-18(2,3)25-17(24)23-6-4-5-11(10-23)15-14-8-13(19)7-12(9-20)16(14)22-21-15/h5,7-8H,4,6,10H2,1-3H3,(H,21,22). The maximum Gasteiger partial charge on any atom is 0.410 e. The third-order valence-corrected chi connectivity index (χ3v) is 3.87. The van der Waals surface area contributed by atoms with Gasteiger partial charge in [-0.2, -0.15) is 10.4 Å². The van der Waals surface area contributed by atoms with Gasteiger partial charge in [-0.3, -0.25) is 5.10 Å². The summed E-state index contributed by atoms with van der Waals surface area (Å²) in [6.45, 7) is 6.34. The molecular weight excluding hydrogens is 323 g/mol. The number of carbonyl (C=O) groups is 1. The molecule has 0 saturated carbocycles. The topological polar surface area (TPSA) is 82.0 Å². The molecule has 2 heterocycles. The number of fused-ring (bicyclic) bond motifs is 1. The van der Waals surface area contributed by atoms with Crippen LogP contribution in [0.1, 0.15) is 38.4 Å². The van der Waals surface area contributed by atoms with Crippen molar-refractivity contribution in [2.45, 2.75) is 32.8 Å². The number of aromatic nitrogens is 2. The summed E-state index contributed by atoms with van der Waals surface area (Å²) in [5.41, 5.74) is 1.49. The van der Waals surface area contributed by atoms with E-state index in [1.165, 1.54) is 12.1 Å². The van der Waals surface area contributed by atoms with Gasteiger partial charge in [0.15, 0.2) is 0 Å².